The first-order valence-corrected chi connectivity index (χ1v) is 9.24. The lowest BCUT2D eigenvalue weighted by molar-refractivity contribution is 0.0984. The first kappa shape index (κ1) is 21.4. The van der Waals surface area contributed by atoms with Crippen molar-refractivity contribution in [3.05, 3.63) is 94.6 Å². The van der Waals surface area contributed by atoms with Gasteiger partial charge in [0.15, 0.2) is 11.6 Å². The van der Waals surface area contributed by atoms with Gasteiger partial charge in [-0.3, -0.25) is 9.59 Å². The summed E-state index contributed by atoms with van der Waals surface area (Å²) in [6, 6.07) is 11.1. The molecular weight excluding hydrogens is 358 g/mol. The Labute approximate surface area is 164 Å². The molecule has 0 atom stereocenters. The van der Waals surface area contributed by atoms with Crippen molar-refractivity contribution in [3.8, 4) is 0 Å². The fourth-order valence-electron chi connectivity index (χ4n) is 2.79. The highest BCUT2D eigenvalue weighted by molar-refractivity contribution is 5.97. The van der Waals surface area contributed by atoms with Crippen LogP contribution in [0.1, 0.15) is 60.2 Å². The van der Waals surface area contributed by atoms with Crippen LogP contribution in [0.3, 0.4) is 0 Å². The molecule has 0 radical (unpaired) electrons. The van der Waals surface area contributed by atoms with Crippen LogP contribution in [0, 0.1) is 11.6 Å². The van der Waals surface area contributed by atoms with Crippen molar-refractivity contribution in [2.24, 2.45) is 0 Å². The van der Waals surface area contributed by atoms with Gasteiger partial charge in [-0.2, -0.15) is 0 Å². The normalized spacial score (nSPS) is 12.1. The van der Waals surface area contributed by atoms with E-state index in [0.29, 0.717) is 24.0 Å². The van der Waals surface area contributed by atoms with Gasteiger partial charge >= 0.3 is 0 Å². The Morgan fingerprint density at radius 1 is 0.679 bits per heavy atom. The lowest BCUT2D eigenvalue weighted by Crippen LogP contribution is -2.00. The van der Waals surface area contributed by atoms with Gasteiger partial charge in [0.25, 0.3) is 0 Å². The largest absolute Gasteiger partial charge is 0.294 e. The van der Waals surface area contributed by atoms with Crippen LogP contribution in [0.2, 0.25) is 0 Å². The molecule has 0 unspecified atom stereocenters. The van der Waals surface area contributed by atoms with Gasteiger partial charge in [-0.15, -0.1) is 0 Å². The Hall–Kier alpha value is -2.88. The van der Waals surface area contributed by atoms with Crippen LogP contribution in [0.15, 0.2) is 71.8 Å². The van der Waals surface area contributed by atoms with E-state index in [-0.39, 0.29) is 23.2 Å². The van der Waals surface area contributed by atoms with E-state index < -0.39 is 0 Å². The fraction of sp³-hybridized carbons (Fsp3) is 0.250. The molecule has 0 aliphatic rings. The number of carbonyl (C=O) groups excluding carboxylic acids is 2. The van der Waals surface area contributed by atoms with Crippen LogP contribution in [0.25, 0.3) is 0 Å². The van der Waals surface area contributed by atoms with E-state index in [9.17, 15) is 18.4 Å². The lowest BCUT2D eigenvalue weighted by Gasteiger charge is -2.03. The van der Waals surface area contributed by atoms with Crippen molar-refractivity contribution in [1.82, 2.24) is 0 Å². The summed E-state index contributed by atoms with van der Waals surface area (Å²) in [5.74, 6) is -0.788. The number of rotatable bonds is 9. The molecule has 0 bridgehead atoms. The molecule has 0 fully saturated rings. The topological polar surface area (TPSA) is 34.1 Å². The monoisotopic (exact) mass is 382 g/mol. The third-order valence-corrected chi connectivity index (χ3v) is 4.36. The number of allylic oxidation sites excluding steroid dienone is 4. The predicted octanol–water partition coefficient (Wildman–Crippen LogP) is 6.48. The zero-order valence-electron chi connectivity index (χ0n) is 16.2. The molecule has 2 nitrogen and oxygen atoms in total. The van der Waals surface area contributed by atoms with E-state index in [0.717, 1.165) is 24.0 Å². The Kier molecular flexibility index (Phi) is 8.00. The van der Waals surface area contributed by atoms with Crippen LogP contribution in [0.4, 0.5) is 8.78 Å². The van der Waals surface area contributed by atoms with Gasteiger partial charge in [0.2, 0.25) is 0 Å². The number of ketones is 2. The number of benzene rings is 2. The van der Waals surface area contributed by atoms with E-state index in [2.05, 4.69) is 0 Å². The fourth-order valence-corrected chi connectivity index (χ4v) is 2.79. The van der Waals surface area contributed by atoms with Gasteiger partial charge in [0.05, 0.1) is 0 Å². The van der Waals surface area contributed by atoms with E-state index >= 15 is 0 Å². The Bertz CT molecular complexity index is 800. The lowest BCUT2D eigenvalue weighted by atomic mass is 10.0. The first-order valence-electron chi connectivity index (χ1n) is 9.24. The van der Waals surface area contributed by atoms with Crippen molar-refractivity contribution < 1.29 is 18.4 Å². The zero-order valence-corrected chi connectivity index (χ0v) is 16.2. The van der Waals surface area contributed by atoms with Gasteiger partial charge in [-0.1, -0.05) is 23.3 Å². The molecule has 2 aromatic carbocycles. The SMILES string of the molecule is C/C(=C\CC/C=C(\C)CC(=O)c1ccc(F)cc1)CC(=O)c1ccc(F)cc1. The Morgan fingerprint density at radius 2 is 1.00 bits per heavy atom. The summed E-state index contributed by atoms with van der Waals surface area (Å²) in [5.41, 5.74) is 2.93. The molecule has 146 valence electrons. The number of hydrogen-bond donors (Lipinski definition) is 0. The average molecular weight is 382 g/mol. The third kappa shape index (κ3) is 7.03. The molecule has 2 aromatic rings. The maximum atomic E-state index is 12.9. The minimum atomic E-state index is -0.358. The van der Waals surface area contributed by atoms with Crippen molar-refractivity contribution in [2.45, 2.75) is 39.5 Å². The number of Topliss-reactive ketones (excluding diaryl/α,β-unsaturated/α-hetero) is 2. The van der Waals surface area contributed by atoms with Gasteiger partial charge in [0.1, 0.15) is 11.6 Å². The highest BCUT2D eigenvalue weighted by Crippen LogP contribution is 2.14. The van der Waals surface area contributed by atoms with Crippen LogP contribution in [0.5, 0.6) is 0 Å². The molecule has 4 heteroatoms. The summed E-state index contributed by atoms with van der Waals surface area (Å²) >= 11 is 0. The molecule has 0 spiro atoms. The van der Waals surface area contributed by atoms with Crippen LogP contribution >= 0.6 is 0 Å². The molecule has 28 heavy (non-hydrogen) atoms. The minimum absolute atomic E-state index is 0.0367. The van der Waals surface area contributed by atoms with E-state index in [4.69, 9.17) is 0 Å². The number of hydrogen-bond acceptors (Lipinski definition) is 2. The number of carbonyl (C=O) groups is 2. The minimum Gasteiger partial charge on any atom is -0.294 e. The van der Waals surface area contributed by atoms with Crippen molar-refractivity contribution in [3.63, 3.8) is 0 Å². The summed E-state index contributed by atoms with van der Waals surface area (Å²) in [4.78, 5) is 24.3. The Morgan fingerprint density at radius 3 is 1.32 bits per heavy atom. The molecule has 0 aromatic heterocycles. The Balaban J connectivity index is 1.79. The third-order valence-electron chi connectivity index (χ3n) is 4.36. The second-order valence-corrected chi connectivity index (χ2v) is 6.89. The average Bonchev–Trinajstić information content (AvgIpc) is 2.66. The van der Waals surface area contributed by atoms with E-state index in [1.807, 2.05) is 26.0 Å². The molecule has 0 aliphatic carbocycles. The van der Waals surface area contributed by atoms with Crippen molar-refractivity contribution in [1.29, 1.82) is 0 Å². The standard InChI is InChI=1S/C24H24F2O2/c1-17(15-23(27)19-7-11-21(25)12-8-19)5-3-4-6-18(2)16-24(28)20-9-13-22(26)14-10-20/h5-14H,3-4,15-16H2,1-2H3/b17-5+,18-6+. The molecule has 0 amide bonds. The summed E-state index contributed by atoms with van der Waals surface area (Å²) in [6.45, 7) is 3.80. The molecule has 0 N–H and O–H groups in total. The van der Waals surface area contributed by atoms with Gasteiger partial charge in [-0.05, 0) is 75.2 Å². The van der Waals surface area contributed by atoms with Crippen LogP contribution < -0.4 is 0 Å². The maximum absolute atomic E-state index is 12.9. The molecule has 0 saturated heterocycles. The van der Waals surface area contributed by atoms with Gasteiger partial charge in [0, 0.05) is 24.0 Å². The molecule has 0 aliphatic heterocycles. The van der Waals surface area contributed by atoms with Crippen molar-refractivity contribution in [2.75, 3.05) is 0 Å². The van der Waals surface area contributed by atoms with E-state index in [1.165, 1.54) is 48.5 Å². The highest BCUT2D eigenvalue weighted by atomic mass is 19.1. The number of halogens is 2. The summed E-state index contributed by atoms with van der Waals surface area (Å²) < 4.78 is 25.8. The van der Waals surface area contributed by atoms with Gasteiger partial charge in [-0.25, -0.2) is 8.78 Å². The maximum Gasteiger partial charge on any atom is 0.166 e. The molecule has 2 rings (SSSR count). The molecular formula is C24H24F2O2. The van der Waals surface area contributed by atoms with Gasteiger partial charge < -0.3 is 0 Å². The van der Waals surface area contributed by atoms with Crippen LogP contribution in [-0.4, -0.2) is 11.6 Å². The second-order valence-electron chi connectivity index (χ2n) is 6.89. The predicted molar refractivity (Wildman–Crippen MR) is 107 cm³/mol. The molecule has 0 heterocycles. The summed E-state index contributed by atoms with van der Waals surface area (Å²) in [6.07, 6.45) is 6.16. The second kappa shape index (κ2) is 10.5. The van der Waals surface area contributed by atoms with Crippen molar-refractivity contribution >= 4 is 11.6 Å². The first-order chi connectivity index (χ1) is 13.3. The summed E-state index contributed by atoms with van der Waals surface area (Å²) in [7, 11) is 0. The number of unbranched alkanes of at least 4 members (excludes halogenated alkanes) is 1. The summed E-state index contributed by atoms with van der Waals surface area (Å²) in [5, 5.41) is 0. The quantitative estimate of drug-likeness (QED) is 0.282. The molecule has 0 saturated carbocycles. The van der Waals surface area contributed by atoms with E-state index in [1.54, 1.807) is 0 Å². The zero-order chi connectivity index (χ0) is 20.5. The van der Waals surface area contributed by atoms with Crippen LogP contribution in [-0.2, 0) is 0 Å². The highest BCUT2D eigenvalue weighted by Gasteiger charge is 2.07. The smallest absolute Gasteiger partial charge is 0.166 e.